The Morgan fingerprint density at radius 1 is 0.593 bits per heavy atom. The molecule has 0 spiro atoms. The third kappa shape index (κ3) is 5.63. The second-order valence-electron chi connectivity index (χ2n) is 5.44. The Morgan fingerprint density at radius 2 is 0.778 bits per heavy atom. The lowest BCUT2D eigenvalue weighted by atomic mass is 10.2. The van der Waals surface area contributed by atoms with Crippen LogP contribution in [-0.4, -0.2) is 17.9 Å². The molecule has 0 atom stereocenters. The van der Waals surface area contributed by atoms with E-state index < -0.39 is 17.9 Å². The molecule has 0 fully saturated rings. The number of rotatable bonds is 6. The number of esters is 3. The predicted octanol–water partition coefficient (Wildman–Crippen LogP) is 5.42. The first kappa shape index (κ1) is 23.3. The van der Waals surface area contributed by atoms with Crippen LogP contribution >= 0.6 is 47.8 Å². The van der Waals surface area contributed by atoms with Crippen LogP contribution in [0.25, 0.3) is 0 Å². The van der Waals surface area contributed by atoms with Gasteiger partial charge in [0, 0.05) is 16.7 Å². The van der Waals surface area contributed by atoms with Crippen molar-refractivity contribution in [2.45, 2.75) is 20.8 Å². The van der Waals surface area contributed by atoms with Gasteiger partial charge in [-0.3, -0.25) is 0 Å². The molecule has 0 saturated carbocycles. The molecule has 0 N–H and O–H groups in total. The molecule has 0 unspecified atom stereocenters. The van der Waals surface area contributed by atoms with Crippen molar-refractivity contribution in [2.75, 3.05) is 0 Å². The van der Waals surface area contributed by atoms with Crippen molar-refractivity contribution in [3.05, 3.63) is 49.9 Å². The Hall–Kier alpha value is -1.71. The molecule has 0 heterocycles. The first-order chi connectivity index (χ1) is 12.4. The van der Waals surface area contributed by atoms with Crippen LogP contribution in [0.2, 0.25) is 0 Å². The molecular formula is C18H15Br3O6. The fourth-order valence-corrected chi connectivity index (χ4v) is 3.88. The van der Waals surface area contributed by atoms with E-state index >= 15 is 0 Å². The van der Waals surface area contributed by atoms with Crippen LogP contribution in [0.5, 0.6) is 17.2 Å². The lowest BCUT2D eigenvalue weighted by Crippen LogP contribution is -2.14. The van der Waals surface area contributed by atoms with Crippen molar-refractivity contribution < 1.29 is 28.6 Å². The minimum atomic E-state index is -0.729. The Kier molecular flexibility index (Phi) is 8.19. The summed E-state index contributed by atoms with van der Waals surface area (Å²) in [5, 5.41) is 0. The number of halogens is 3. The summed E-state index contributed by atoms with van der Waals surface area (Å²) in [6, 6.07) is 0. The van der Waals surface area contributed by atoms with Gasteiger partial charge in [0.25, 0.3) is 0 Å². The zero-order chi connectivity index (χ0) is 21.0. The normalized spacial score (nSPS) is 10.0. The highest BCUT2D eigenvalue weighted by molar-refractivity contribution is 9.11. The number of ether oxygens (including phenoxy) is 3. The van der Waals surface area contributed by atoms with Gasteiger partial charge in [-0.2, -0.15) is 0 Å². The topological polar surface area (TPSA) is 78.9 Å². The van der Waals surface area contributed by atoms with Crippen LogP contribution in [0.4, 0.5) is 0 Å². The number of hydrogen-bond acceptors (Lipinski definition) is 6. The molecular weight excluding hydrogens is 552 g/mol. The molecule has 0 saturated heterocycles. The lowest BCUT2D eigenvalue weighted by molar-refractivity contribution is -0.130. The first-order valence-corrected chi connectivity index (χ1v) is 9.59. The average Bonchev–Trinajstić information content (AvgIpc) is 2.58. The molecule has 0 aliphatic carbocycles. The standard InChI is InChI=1S/C18H15Br3O6/c1-7(2)16(22)25-13-10(19)14(26-17(23)8(3)4)12(21)15(11(13)20)27-18(24)9(5)6/h1,3,5H2,2,4,6H3. The largest absolute Gasteiger partial charge is 0.420 e. The van der Waals surface area contributed by atoms with Gasteiger partial charge in [0.15, 0.2) is 17.2 Å². The van der Waals surface area contributed by atoms with Crippen molar-refractivity contribution >= 4 is 65.7 Å². The summed E-state index contributed by atoms with van der Waals surface area (Å²) in [4.78, 5) is 35.9. The lowest BCUT2D eigenvalue weighted by Gasteiger charge is -2.18. The Labute approximate surface area is 181 Å². The summed E-state index contributed by atoms with van der Waals surface area (Å²) in [6.07, 6.45) is 0. The van der Waals surface area contributed by atoms with E-state index in [4.69, 9.17) is 14.2 Å². The average molecular weight is 567 g/mol. The van der Waals surface area contributed by atoms with E-state index in [-0.39, 0.29) is 47.4 Å². The summed E-state index contributed by atoms with van der Waals surface area (Å²) in [5.41, 5.74) is 0.410. The Bertz CT molecular complexity index is 750. The van der Waals surface area contributed by atoms with Gasteiger partial charge in [0.1, 0.15) is 13.4 Å². The summed E-state index contributed by atoms with van der Waals surface area (Å²) >= 11 is 9.71. The fourth-order valence-electron chi connectivity index (χ4n) is 1.41. The Morgan fingerprint density at radius 3 is 0.926 bits per heavy atom. The molecule has 0 bridgehead atoms. The highest BCUT2D eigenvalue weighted by atomic mass is 79.9. The van der Waals surface area contributed by atoms with E-state index in [2.05, 4.69) is 67.5 Å². The highest BCUT2D eigenvalue weighted by Crippen LogP contribution is 2.52. The monoisotopic (exact) mass is 564 g/mol. The minimum Gasteiger partial charge on any atom is -0.420 e. The molecule has 144 valence electrons. The predicted molar refractivity (Wildman–Crippen MR) is 111 cm³/mol. The van der Waals surface area contributed by atoms with Crippen LogP contribution in [0.3, 0.4) is 0 Å². The van der Waals surface area contributed by atoms with E-state index in [1.54, 1.807) is 0 Å². The second kappa shape index (κ2) is 9.48. The van der Waals surface area contributed by atoms with Gasteiger partial charge in [-0.05, 0) is 68.6 Å². The van der Waals surface area contributed by atoms with Crippen LogP contribution in [0.15, 0.2) is 49.9 Å². The molecule has 0 amide bonds. The molecule has 1 rings (SSSR count). The van der Waals surface area contributed by atoms with Gasteiger partial charge in [0.05, 0.1) is 0 Å². The number of carbonyl (C=O) groups excluding carboxylic acids is 3. The zero-order valence-electron chi connectivity index (χ0n) is 14.7. The van der Waals surface area contributed by atoms with Gasteiger partial charge in [-0.15, -0.1) is 0 Å². The number of benzene rings is 1. The summed E-state index contributed by atoms with van der Waals surface area (Å²) < 4.78 is 16.2. The summed E-state index contributed by atoms with van der Waals surface area (Å²) in [6.45, 7) is 14.9. The van der Waals surface area contributed by atoms with E-state index in [0.29, 0.717) is 0 Å². The fraction of sp³-hybridized carbons (Fsp3) is 0.167. The number of carbonyl (C=O) groups is 3. The van der Waals surface area contributed by atoms with Crippen LogP contribution in [-0.2, 0) is 14.4 Å². The molecule has 6 nitrogen and oxygen atoms in total. The van der Waals surface area contributed by atoms with Gasteiger partial charge >= 0.3 is 17.9 Å². The smallest absolute Gasteiger partial charge is 0.338 e. The van der Waals surface area contributed by atoms with Crippen molar-refractivity contribution in [3.8, 4) is 17.2 Å². The summed E-state index contributed by atoms with van der Waals surface area (Å²) in [5.74, 6) is -2.39. The van der Waals surface area contributed by atoms with E-state index in [1.165, 1.54) is 20.8 Å². The number of hydrogen-bond donors (Lipinski definition) is 0. The third-order valence-electron chi connectivity index (χ3n) is 2.83. The van der Waals surface area contributed by atoms with E-state index in [1.807, 2.05) is 0 Å². The summed E-state index contributed by atoms with van der Waals surface area (Å²) in [7, 11) is 0. The van der Waals surface area contributed by atoms with Crippen LogP contribution in [0.1, 0.15) is 20.8 Å². The molecule has 0 aliphatic rings. The van der Waals surface area contributed by atoms with Crippen molar-refractivity contribution in [1.82, 2.24) is 0 Å². The van der Waals surface area contributed by atoms with Crippen molar-refractivity contribution in [1.29, 1.82) is 0 Å². The van der Waals surface area contributed by atoms with E-state index in [0.717, 1.165) is 0 Å². The van der Waals surface area contributed by atoms with Crippen LogP contribution in [0, 0.1) is 0 Å². The SMILES string of the molecule is C=C(C)C(=O)Oc1c(Br)c(OC(=O)C(=C)C)c(Br)c(OC(=O)C(=C)C)c1Br. The maximum absolute atomic E-state index is 12.0. The third-order valence-corrected chi connectivity index (χ3v) is 4.99. The van der Waals surface area contributed by atoms with Crippen molar-refractivity contribution in [2.24, 2.45) is 0 Å². The second-order valence-corrected chi connectivity index (χ2v) is 7.82. The molecule has 0 radical (unpaired) electrons. The highest BCUT2D eigenvalue weighted by Gasteiger charge is 2.28. The van der Waals surface area contributed by atoms with Gasteiger partial charge in [-0.1, -0.05) is 19.7 Å². The maximum atomic E-state index is 12.0. The first-order valence-electron chi connectivity index (χ1n) is 7.21. The molecule has 1 aromatic rings. The molecule has 0 aliphatic heterocycles. The van der Waals surface area contributed by atoms with Gasteiger partial charge in [0.2, 0.25) is 0 Å². The van der Waals surface area contributed by atoms with Gasteiger partial charge < -0.3 is 14.2 Å². The Balaban J connectivity index is 3.66. The minimum absolute atomic E-state index is 0.0692. The molecule has 27 heavy (non-hydrogen) atoms. The molecule has 0 aromatic heterocycles. The van der Waals surface area contributed by atoms with Crippen LogP contribution < -0.4 is 14.2 Å². The van der Waals surface area contributed by atoms with E-state index in [9.17, 15) is 14.4 Å². The van der Waals surface area contributed by atoms with Crippen molar-refractivity contribution in [3.63, 3.8) is 0 Å². The zero-order valence-corrected chi connectivity index (χ0v) is 19.5. The molecule has 1 aromatic carbocycles. The molecule has 9 heteroatoms. The van der Waals surface area contributed by atoms with Gasteiger partial charge in [-0.25, -0.2) is 14.4 Å². The maximum Gasteiger partial charge on any atom is 0.338 e. The quantitative estimate of drug-likeness (QED) is 0.260.